The second kappa shape index (κ2) is 6.97. The molecule has 1 aliphatic rings. The third kappa shape index (κ3) is 4.31. The van der Waals surface area contributed by atoms with Crippen molar-refractivity contribution in [3.05, 3.63) is 12.2 Å². The number of thioether (sulfide) groups is 2. The maximum absolute atomic E-state index is 8.75. The number of hydrogen-bond donors (Lipinski definition) is 0. The van der Waals surface area contributed by atoms with Gasteiger partial charge in [-0.3, -0.25) is 4.99 Å². The minimum Gasteiger partial charge on any atom is -0.277 e. The molecule has 1 rings (SSSR count). The Morgan fingerprint density at radius 3 is 2.80 bits per heavy atom. The minimum absolute atomic E-state index is 0.496. The van der Waals surface area contributed by atoms with Gasteiger partial charge in [-0.25, -0.2) is 0 Å². The smallest absolute Gasteiger partial charge is 0.108 e. The van der Waals surface area contributed by atoms with Crippen molar-refractivity contribution >= 4 is 28.6 Å². The number of nitrogens with zero attached hydrogens (tertiary/aromatic N) is 2. The molecule has 0 aromatic rings. The highest BCUT2D eigenvalue weighted by atomic mass is 32.2. The summed E-state index contributed by atoms with van der Waals surface area (Å²) in [5.74, 6) is 0. The Labute approximate surface area is 100 Å². The maximum atomic E-state index is 8.75. The summed E-state index contributed by atoms with van der Waals surface area (Å²) in [6, 6.07) is 2.06. The zero-order chi connectivity index (χ0) is 11.1. The van der Waals surface area contributed by atoms with Gasteiger partial charge in [-0.2, -0.15) is 5.26 Å². The van der Waals surface area contributed by atoms with E-state index in [2.05, 4.69) is 17.6 Å². The van der Waals surface area contributed by atoms with E-state index in [-0.39, 0.29) is 0 Å². The fraction of sp³-hybridized carbons (Fsp3) is 0.636. The standard InChI is InChI=1S/C11H16N2S2/c1-3-13-11(9(2)7-12)15-8-14-10-5-4-6-10/h10H,2-6,8H2,1H3/b13-11+. The van der Waals surface area contributed by atoms with Gasteiger partial charge < -0.3 is 0 Å². The fourth-order valence-electron chi connectivity index (χ4n) is 1.14. The Hall–Kier alpha value is -0.400. The van der Waals surface area contributed by atoms with Crippen LogP contribution in [0.4, 0.5) is 0 Å². The lowest BCUT2D eigenvalue weighted by atomic mass is 10.0. The van der Waals surface area contributed by atoms with E-state index in [1.54, 1.807) is 11.8 Å². The Kier molecular flexibility index (Phi) is 5.89. The summed E-state index contributed by atoms with van der Waals surface area (Å²) in [5, 5.41) is 11.4. The number of nitriles is 1. The quantitative estimate of drug-likeness (QED) is 0.319. The van der Waals surface area contributed by atoms with Gasteiger partial charge in [0.1, 0.15) is 11.1 Å². The molecule has 1 fully saturated rings. The molecule has 0 aromatic heterocycles. The van der Waals surface area contributed by atoms with E-state index in [4.69, 9.17) is 5.26 Å². The molecular weight excluding hydrogens is 224 g/mol. The highest BCUT2D eigenvalue weighted by molar-refractivity contribution is 8.24. The van der Waals surface area contributed by atoms with Crippen LogP contribution in [-0.2, 0) is 0 Å². The van der Waals surface area contributed by atoms with Gasteiger partial charge in [0.15, 0.2) is 0 Å². The van der Waals surface area contributed by atoms with Crippen LogP contribution in [0.3, 0.4) is 0 Å². The molecule has 1 aliphatic carbocycles. The SMILES string of the molecule is C=C(C#N)/C(=N\CC)SCSC1CCC1. The number of hydrogen-bond acceptors (Lipinski definition) is 4. The van der Waals surface area contributed by atoms with Crippen molar-refractivity contribution in [1.29, 1.82) is 5.26 Å². The van der Waals surface area contributed by atoms with E-state index < -0.39 is 0 Å². The number of aliphatic imine (C=N–C) groups is 1. The molecule has 0 spiro atoms. The Morgan fingerprint density at radius 1 is 1.60 bits per heavy atom. The van der Waals surface area contributed by atoms with E-state index in [9.17, 15) is 0 Å². The van der Waals surface area contributed by atoms with Crippen LogP contribution in [0.15, 0.2) is 17.1 Å². The molecule has 2 nitrogen and oxygen atoms in total. The molecule has 15 heavy (non-hydrogen) atoms. The predicted octanol–water partition coefficient (Wildman–Crippen LogP) is 3.46. The summed E-state index contributed by atoms with van der Waals surface area (Å²) >= 11 is 3.62. The molecule has 4 heteroatoms. The first-order valence-corrected chi connectivity index (χ1v) is 7.19. The molecule has 0 unspecified atom stereocenters. The molecule has 0 aromatic carbocycles. The van der Waals surface area contributed by atoms with Gasteiger partial charge in [0, 0.05) is 16.9 Å². The van der Waals surface area contributed by atoms with E-state index in [0.29, 0.717) is 5.57 Å². The van der Waals surface area contributed by atoms with Crippen molar-refractivity contribution in [2.45, 2.75) is 31.4 Å². The highest BCUT2D eigenvalue weighted by Crippen LogP contribution is 2.33. The van der Waals surface area contributed by atoms with Crippen LogP contribution >= 0.6 is 23.5 Å². The molecule has 0 radical (unpaired) electrons. The topological polar surface area (TPSA) is 36.1 Å². The van der Waals surface area contributed by atoms with Gasteiger partial charge in [-0.05, 0) is 19.8 Å². The van der Waals surface area contributed by atoms with Crippen molar-refractivity contribution < 1.29 is 0 Å². The molecule has 0 heterocycles. The molecule has 0 amide bonds. The van der Waals surface area contributed by atoms with Crippen molar-refractivity contribution in [2.75, 3.05) is 11.6 Å². The van der Waals surface area contributed by atoms with Crippen LogP contribution in [0.5, 0.6) is 0 Å². The zero-order valence-corrected chi connectivity index (χ0v) is 10.7. The van der Waals surface area contributed by atoms with Crippen LogP contribution in [0.2, 0.25) is 0 Å². The summed E-state index contributed by atoms with van der Waals surface area (Å²) in [6.07, 6.45) is 4.08. The summed E-state index contributed by atoms with van der Waals surface area (Å²) in [6.45, 7) is 6.40. The lowest BCUT2D eigenvalue weighted by molar-refractivity contribution is 0.523. The molecular formula is C11H16N2S2. The van der Waals surface area contributed by atoms with Gasteiger partial charge >= 0.3 is 0 Å². The molecule has 0 saturated heterocycles. The third-order valence-electron chi connectivity index (χ3n) is 2.25. The monoisotopic (exact) mass is 240 g/mol. The first kappa shape index (κ1) is 12.7. The van der Waals surface area contributed by atoms with Crippen LogP contribution in [0, 0.1) is 11.3 Å². The average Bonchev–Trinajstić information content (AvgIpc) is 2.19. The first-order valence-electron chi connectivity index (χ1n) is 5.16. The molecule has 0 N–H and O–H groups in total. The average molecular weight is 240 g/mol. The summed E-state index contributed by atoms with van der Waals surface area (Å²) in [5.41, 5.74) is 0.496. The van der Waals surface area contributed by atoms with Gasteiger partial charge in [-0.1, -0.05) is 24.8 Å². The van der Waals surface area contributed by atoms with Crippen LogP contribution in [-0.4, -0.2) is 21.9 Å². The predicted molar refractivity (Wildman–Crippen MR) is 70.4 cm³/mol. The van der Waals surface area contributed by atoms with Crippen molar-refractivity contribution in [3.8, 4) is 6.07 Å². The summed E-state index contributed by atoms with van der Waals surface area (Å²) < 4.78 is 0. The molecule has 0 atom stereocenters. The Bertz CT molecular complexity index is 287. The minimum atomic E-state index is 0.496. The van der Waals surface area contributed by atoms with Crippen molar-refractivity contribution in [2.24, 2.45) is 4.99 Å². The molecule has 0 bridgehead atoms. The largest absolute Gasteiger partial charge is 0.277 e. The molecule has 1 saturated carbocycles. The maximum Gasteiger partial charge on any atom is 0.108 e. The fourth-order valence-corrected chi connectivity index (χ4v) is 3.74. The van der Waals surface area contributed by atoms with Gasteiger partial charge in [-0.15, -0.1) is 11.8 Å². The van der Waals surface area contributed by atoms with Gasteiger partial charge in [0.25, 0.3) is 0 Å². The van der Waals surface area contributed by atoms with E-state index in [1.807, 2.05) is 18.7 Å². The zero-order valence-electron chi connectivity index (χ0n) is 9.03. The Morgan fingerprint density at radius 2 is 2.33 bits per heavy atom. The number of rotatable bonds is 5. The van der Waals surface area contributed by atoms with E-state index in [1.165, 1.54) is 19.3 Å². The van der Waals surface area contributed by atoms with Crippen molar-refractivity contribution in [3.63, 3.8) is 0 Å². The van der Waals surface area contributed by atoms with Crippen LogP contribution in [0.1, 0.15) is 26.2 Å². The molecule has 82 valence electrons. The second-order valence-corrected chi connectivity index (χ2v) is 5.97. The summed E-state index contributed by atoms with van der Waals surface area (Å²) in [7, 11) is 0. The summed E-state index contributed by atoms with van der Waals surface area (Å²) in [4.78, 5) is 4.28. The van der Waals surface area contributed by atoms with Crippen LogP contribution in [0.25, 0.3) is 0 Å². The normalized spacial score (nSPS) is 16.9. The molecule has 0 aliphatic heterocycles. The lowest BCUT2D eigenvalue weighted by Crippen LogP contribution is -2.13. The van der Waals surface area contributed by atoms with Crippen LogP contribution < -0.4 is 0 Å². The van der Waals surface area contributed by atoms with Gasteiger partial charge in [0.05, 0.1) is 5.57 Å². The van der Waals surface area contributed by atoms with E-state index in [0.717, 1.165) is 21.9 Å². The van der Waals surface area contributed by atoms with Gasteiger partial charge in [0.2, 0.25) is 0 Å². The lowest BCUT2D eigenvalue weighted by Gasteiger charge is -2.24. The highest BCUT2D eigenvalue weighted by Gasteiger charge is 2.17. The third-order valence-corrected chi connectivity index (χ3v) is 4.85. The second-order valence-electron chi connectivity index (χ2n) is 3.35. The van der Waals surface area contributed by atoms with Crippen molar-refractivity contribution in [1.82, 2.24) is 0 Å². The first-order chi connectivity index (χ1) is 7.27. The Balaban J connectivity index is 2.28. The van der Waals surface area contributed by atoms with E-state index >= 15 is 0 Å².